The number of sulfone groups is 1. The number of nitrogens with two attached hydrogens (primary N) is 1. The molecule has 0 aromatic heterocycles. The summed E-state index contributed by atoms with van der Waals surface area (Å²) in [6, 6.07) is -0.216. The van der Waals surface area contributed by atoms with Crippen LogP contribution in [-0.2, 0) is 9.84 Å². The van der Waals surface area contributed by atoms with E-state index in [1.807, 2.05) is 27.7 Å². The molecule has 2 N–H and O–H groups in total. The minimum absolute atomic E-state index is 0.134. The fourth-order valence-electron chi connectivity index (χ4n) is 1.26. The average Bonchev–Trinajstić information content (AvgIpc) is 2.13. The van der Waals surface area contributed by atoms with Crippen molar-refractivity contribution >= 4 is 9.84 Å². The predicted octanol–water partition coefficient (Wildman–Crippen LogP) is 1.82. The second kappa shape index (κ2) is 6.48. The van der Waals surface area contributed by atoms with E-state index in [1.165, 1.54) is 0 Å². The molecule has 0 saturated carbocycles. The Kier molecular flexibility index (Phi) is 6.44. The van der Waals surface area contributed by atoms with Crippen LogP contribution in [0.15, 0.2) is 0 Å². The molecule has 2 atom stereocenters. The molecule has 0 rings (SSSR count). The fourth-order valence-corrected chi connectivity index (χ4v) is 3.17. The van der Waals surface area contributed by atoms with Gasteiger partial charge in [-0.3, -0.25) is 0 Å². The summed E-state index contributed by atoms with van der Waals surface area (Å²) in [4.78, 5) is 0. The zero-order chi connectivity index (χ0) is 12.1. The Bertz CT molecular complexity index is 260. The Morgan fingerprint density at radius 1 is 1.20 bits per heavy atom. The smallest absolute Gasteiger partial charge is 0.151 e. The molecule has 0 bridgehead atoms. The van der Waals surface area contributed by atoms with E-state index < -0.39 is 9.84 Å². The Labute approximate surface area is 94.4 Å². The maximum absolute atomic E-state index is 11.7. The van der Waals surface area contributed by atoms with Crippen molar-refractivity contribution in [3.63, 3.8) is 0 Å². The lowest BCUT2D eigenvalue weighted by Gasteiger charge is -2.18. The van der Waals surface area contributed by atoms with E-state index >= 15 is 0 Å². The van der Waals surface area contributed by atoms with E-state index in [9.17, 15) is 8.42 Å². The molecule has 0 aliphatic heterocycles. The summed E-state index contributed by atoms with van der Waals surface area (Å²) in [6.07, 6.45) is 1.66. The van der Waals surface area contributed by atoms with Crippen LogP contribution in [0.4, 0.5) is 0 Å². The van der Waals surface area contributed by atoms with Gasteiger partial charge in [0, 0.05) is 6.04 Å². The summed E-state index contributed by atoms with van der Waals surface area (Å²) in [5, 5.41) is 0. The summed E-state index contributed by atoms with van der Waals surface area (Å²) in [5.41, 5.74) is 5.84. The fraction of sp³-hybridized carbons (Fsp3) is 1.00. The first-order chi connectivity index (χ1) is 6.78. The Morgan fingerprint density at radius 2 is 1.73 bits per heavy atom. The van der Waals surface area contributed by atoms with Gasteiger partial charge in [0.05, 0.1) is 11.5 Å². The van der Waals surface area contributed by atoms with Crippen molar-refractivity contribution in [2.75, 3.05) is 11.5 Å². The van der Waals surface area contributed by atoms with Gasteiger partial charge < -0.3 is 5.73 Å². The molecule has 0 fully saturated rings. The third-order valence-electron chi connectivity index (χ3n) is 2.83. The Hall–Kier alpha value is -0.0900. The van der Waals surface area contributed by atoms with E-state index in [1.54, 1.807) is 0 Å². The SMILES string of the molecule is CCC(C)C(N)CS(=O)(=O)CCC(C)C. The highest BCUT2D eigenvalue weighted by Gasteiger charge is 2.20. The van der Waals surface area contributed by atoms with Crippen LogP contribution in [0.5, 0.6) is 0 Å². The van der Waals surface area contributed by atoms with Gasteiger partial charge in [-0.15, -0.1) is 0 Å². The quantitative estimate of drug-likeness (QED) is 0.732. The predicted molar refractivity (Wildman–Crippen MR) is 65.5 cm³/mol. The van der Waals surface area contributed by atoms with Crippen molar-refractivity contribution < 1.29 is 8.42 Å². The second-order valence-electron chi connectivity index (χ2n) is 4.85. The molecule has 3 nitrogen and oxygen atoms in total. The minimum Gasteiger partial charge on any atom is -0.327 e. The third-order valence-corrected chi connectivity index (χ3v) is 4.58. The van der Waals surface area contributed by atoms with Gasteiger partial charge in [-0.2, -0.15) is 0 Å². The van der Waals surface area contributed by atoms with Gasteiger partial charge in [0.15, 0.2) is 9.84 Å². The molecule has 15 heavy (non-hydrogen) atoms. The van der Waals surface area contributed by atoms with Crippen LogP contribution in [0.3, 0.4) is 0 Å². The highest BCUT2D eigenvalue weighted by atomic mass is 32.2. The van der Waals surface area contributed by atoms with Gasteiger partial charge in [-0.25, -0.2) is 8.42 Å². The molecule has 0 heterocycles. The summed E-state index contributed by atoms with van der Waals surface area (Å²) >= 11 is 0. The largest absolute Gasteiger partial charge is 0.327 e. The molecular formula is C11H25NO2S. The zero-order valence-corrected chi connectivity index (χ0v) is 11.2. The molecule has 0 aromatic rings. The maximum Gasteiger partial charge on any atom is 0.151 e. The van der Waals surface area contributed by atoms with E-state index in [2.05, 4.69) is 0 Å². The van der Waals surface area contributed by atoms with Gasteiger partial charge >= 0.3 is 0 Å². The molecule has 0 amide bonds. The van der Waals surface area contributed by atoms with Crippen molar-refractivity contribution in [3.05, 3.63) is 0 Å². The van der Waals surface area contributed by atoms with Crippen molar-refractivity contribution in [1.82, 2.24) is 0 Å². The number of hydrogen-bond donors (Lipinski definition) is 1. The lowest BCUT2D eigenvalue weighted by atomic mass is 10.0. The molecule has 0 aliphatic carbocycles. The maximum atomic E-state index is 11.7. The minimum atomic E-state index is -2.96. The lowest BCUT2D eigenvalue weighted by Crippen LogP contribution is -2.36. The van der Waals surface area contributed by atoms with E-state index in [0.717, 1.165) is 12.8 Å². The molecule has 0 spiro atoms. The van der Waals surface area contributed by atoms with Crippen LogP contribution in [0.25, 0.3) is 0 Å². The van der Waals surface area contributed by atoms with Gasteiger partial charge in [0.1, 0.15) is 0 Å². The Balaban J connectivity index is 4.14. The topological polar surface area (TPSA) is 60.2 Å². The molecule has 4 heteroatoms. The number of rotatable bonds is 7. The average molecular weight is 235 g/mol. The van der Waals surface area contributed by atoms with Gasteiger partial charge in [0.2, 0.25) is 0 Å². The van der Waals surface area contributed by atoms with Crippen LogP contribution in [0.1, 0.15) is 40.5 Å². The van der Waals surface area contributed by atoms with Crippen molar-refractivity contribution in [3.8, 4) is 0 Å². The third kappa shape index (κ3) is 6.90. The van der Waals surface area contributed by atoms with Crippen molar-refractivity contribution in [2.24, 2.45) is 17.6 Å². The van der Waals surface area contributed by atoms with Crippen LogP contribution in [-0.4, -0.2) is 26.0 Å². The molecular weight excluding hydrogens is 210 g/mol. The molecule has 2 unspecified atom stereocenters. The first-order valence-corrected chi connectivity index (χ1v) is 7.56. The van der Waals surface area contributed by atoms with E-state index in [-0.39, 0.29) is 23.5 Å². The molecule has 0 aliphatic rings. The van der Waals surface area contributed by atoms with Gasteiger partial charge in [-0.1, -0.05) is 34.1 Å². The summed E-state index contributed by atoms with van der Waals surface area (Å²) in [5.74, 6) is 1.11. The van der Waals surface area contributed by atoms with Crippen LogP contribution >= 0.6 is 0 Å². The van der Waals surface area contributed by atoms with Crippen molar-refractivity contribution in [2.45, 2.75) is 46.6 Å². The molecule has 92 valence electrons. The molecule has 0 saturated heterocycles. The monoisotopic (exact) mass is 235 g/mol. The molecule has 0 aromatic carbocycles. The molecule has 0 radical (unpaired) electrons. The summed E-state index contributed by atoms with van der Waals surface area (Å²) in [7, 11) is -2.96. The summed E-state index contributed by atoms with van der Waals surface area (Å²) < 4.78 is 23.4. The standard InChI is InChI=1S/C11H25NO2S/c1-5-10(4)11(12)8-15(13,14)7-6-9(2)3/h9-11H,5-8,12H2,1-4H3. The first-order valence-electron chi connectivity index (χ1n) is 5.74. The van der Waals surface area contributed by atoms with Gasteiger partial charge in [-0.05, 0) is 18.3 Å². The normalized spacial score (nSPS) is 16.7. The lowest BCUT2D eigenvalue weighted by molar-refractivity contribution is 0.465. The number of hydrogen-bond acceptors (Lipinski definition) is 3. The van der Waals surface area contributed by atoms with Crippen LogP contribution in [0, 0.1) is 11.8 Å². The first kappa shape index (κ1) is 14.9. The highest BCUT2D eigenvalue weighted by molar-refractivity contribution is 7.91. The van der Waals surface area contributed by atoms with E-state index in [4.69, 9.17) is 5.73 Å². The van der Waals surface area contributed by atoms with Gasteiger partial charge in [0.25, 0.3) is 0 Å². The summed E-state index contributed by atoms with van der Waals surface area (Å²) in [6.45, 7) is 8.10. The Morgan fingerprint density at radius 3 is 2.13 bits per heavy atom. The zero-order valence-electron chi connectivity index (χ0n) is 10.4. The highest BCUT2D eigenvalue weighted by Crippen LogP contribution is 2.10. The second-order valence-corrected chi connectivity index (χ2v) is 7.07. The van der Waals surface area contributed by atoms with Crippen LogP contribution in [0.2, 0.25) is 0 Å². The van der Waals surface area contributed by atoms with Crippen LogP contribution < -0.4 is 5.73 Å². The van der Waals surface area contributed by atoms with E-state index in [0.29, 0.717) is 5.92 Å². The van der Waals surface area contributed by atoms with Crippen molar-refractivity contribution in [1.29, 1.82) is 0 Å².